The average molecular weight is 444 g/mol. The Morgan fingerprint density at radius 1 is 1.37 bits per heavy atom. The number of nitrogens with zero attached hydrogens (tertiary/aromatic N) is 4. The number of rotatable bonds is 2. The van der Waals surface area contributed by atoms with E-state index in [1.165, 1.54) is 18.4 Å². The first-order valence-electron chi connectivity index (χ1n) is 9.43. The molecule has 0 aromatic carbocycles. The van der Waals surface area contributed by atoms with E-state index >= 15 is 0 Å². The summed E-state index contributed by atoms with van der Waals surface area (Å²) in [6, 6.07) is 3.10. The van der Waals surface area contributed by atoms with Crippen LogP contribution in [-0.4, -0.2) is 54.9 Å². The topological polar surface area (TPSA) is 113 Å². The van der Waals surface area contributed by atoms with Crippen molar-refractivity contribution < 1.29 is 15.0 Å². The van der Waals surface area contributed by atoms with Crippen molar-refractivity contribution in [1.29, 1.82) is 0 Å². The largest absolute Gasteiger partial charge is 0.389 e. The van der Waals surface area contributed by atoms with Gasteiger partial charge in [-0.1, -0.05) is 11.6 Å². The molecule has 5 rings (SSSR count). The van der Waals surface area contributed by atoms with Crippen molar-refractivity contribution in [3.63, 3.8) is 0 Å². The fourth-order valence-corrected chi connectivity index (χ4v) is 5.51. The zero-order valence-electron chi connectivity index (χ0n) is 16.1. The maximum Gasteiger partial charge on any atom is 0.229 e. The molecule has 3 aromatic heterocycles. The van der Waals surface area contributed by atoms with Crippen molar-refractivity contribution in [2.24, 2.45) is 11.3 Å². The van der Waals surface area contributed by atoms with E-state index in [1.807, 2.05) is 13.0 Å². The van der Waals surface area contributed by atoms with Crippen LogP contribution in [0.15, 0.2) is 18.5 Å². The number of hydrogen-bond donors (Lipinski definition) is 3. The van der Waals surface area contributed by atoms with Crippen molar-refractivity contribution >= 4 is 40.0 Å². The molecule has 3 heterocycles. The molecule has 3 aromatic rings. The van der Waals surface area contributed by atoms with E-state index in [9.17, 15) is 15.0 Å². The van der Waals surface area contributed by atoms with Crippen LogP contribution in [0, 0.1) is 30.1 Å². The Bertz CT molecular complexity index is 1240. The quantitative estimate of drug-likeness (QED) is 0.514. The molecule has 3 N–H and O–H groups in total. The van der Waals surface area contributed by atoms with E-state index in [2.05, 4.69) is 32.1 Å². The zero-order chi connectivity index (χ0) is 21.2. The van der Waals surface area contributed by atoms with Gasteiger partial charge in [0.05, 0.1) is 38.8 Å². The second-order valence-corrected chi connectivity index (χ2v) is 9.38. The molecular weight excluding hydrogens is 426 g/mol. The Labute approximate surface area is 180 Å². The van der Waals surface area contributed by atoms with Gasteiger partial charge in [0.1, 0.15) is 11.6 Å². The van der Waals surface area contributed by atoms with Gasteiger partial charge in [0.25, 0.3) is 0 Å². The SMILES string of the molecule is CNC(=O)C12CC1C(n1cnc3c(C)nc(C#Cc4ccc(Cl)s4)nc31)C(O)C2O. The number of aliphatic hydroxyl groups excluding tert-OH is 2. The second kappa shape index (κ2) is 6.75. The van der Waals surface area contributed by atoms with E-state index in [1.54, 1.807) is 17.0 Å². The summed E-state index contributed by atoms with van der Waals surface area (Å²) >= 11 is 7.32. The number of aryl methyl sites for hydroxylation is 1. The number of aliphatic hydroxyl groups is 2. The van der Waals surface area contributed by atoms with Crippen molar-refractivity contribution in [1.82, 2.24) is 24.8 Å². The normalized spacial score (nSPS) is 29.4. The summed E-state index contributed by atoms with van der Waals surface area (Å²) in [7, 11) is 1.54. The van der Waals surface area contributed by atoms with Crippen LogP contribution in [0.5, 0.6) is 0 Å². The van der Waals surface area contributed by atoms with Gasteiger partial charge in [0.2, 0.25) is 11.7 Å². The Morgan fingerprint density at radius 3 is 2.87 bits per heavy atom. The smallest absolute Gasteiger partial charge is 0.229 e. The molecule has 5 atom stereocenters. The highest BCUT2D eigenvalue weighted by molar-refractivity contribution is 7.16. The molecule has 1 amide bonds. The molecule has 0 bridgehead atoms. The number of carbonyl (C=O) groups excluding carboxylic acids is 1. The molecule has 0 aliphatic heterocycles. The highest BCUT2D eigenvalue weighted by atomic mass is 35.5. The van der Waals surface area contributed by atoms with Gasteiger partial charge in [0, 0.05) is 13.0 Å². The molecule has 5 unspecified atom stereocenters. The van der Waals surface area contributed by atoms with Crippen LogP contribution in [0.25, 0.3) is 11.2 Å². The third kappa shape index (κ3) is 2.68. The van der Waals surface area contributed by atoms with Crippen LogP contribution in [0.4, 0.5) is 0 Å². The molecule has 0 spiro atoms. The minimum atomic E-state index is -1.14. The standard InChI is InChI=1S/C20H18ClN5O3S/c1-9-14-18(25-13(24-9)6-4-10-3-5-12(21)30-10)26(8-23-14)15-11-7-20(11,19(29)22-2)17(28)16(15)27/h3,5,8,11,15-17,27-28H,7H2,1-2H3,(H,22,29). The molecule has 2 fully saturated rings. The Hall–Kier alpha value is -2.51. The molecular formula is C20H18ClN5O3S. The predicted octanol–water partition coefficient (Wildman–Crippen LogP) is 1.28. The summed E-state index contributed by atoms with van der Waals surface area (Å²) in [6.45, 7) is 1.82. The fraction of sp³-hybridized carbons (Fsp3) is 0.400. The Balaban J connectivity index is 1.56. The zero-order valence-corrected chi connectivity index (χ0v) is 17.7. The maximum atomic E-state index is 12.4. The lowest BCUT2D eigenvalue weighted by atomic mass is 9.98. The van der Waals surface area contributed by atoms with Crippen LogP contribution < -0.4 is 5.32 Å². The summed E-state index contributed by atoms with van der Waals surface area (Å²) < 4.78 is 2.40. The molecule has 154 valence electrons. The molecule has 0 radical (unpaired) electrons. The minimum absolute atomic E-state index is 0.196. The van der Waals surface area contributed by atoms with Crippen molar-refractivity contribution in [3.8, 4) is 11.8 Å². The van der Waals surface area contributed by atoms with Gasteiger partial charge in [-0.3, -0.25) is 4.79 Å². The summed E-state index contributed by atoms with van der Waals surface area (Å²) in [5.41, 5.74) is 0.818. The molecule has 2 aliphatic rings. The highest BCUT2D eigenvalue weighted by Gasteiger charge is 2.75. The number of thiophene rings is 1. The van der Waals surface area contributed by atoms with Crippen molar-refractivity contribution in [2.45, 2.75) is 31.6 Å². The van der Waals surface area contributed by atoms with E-state index in [-0.39, 0.29) is 11.8 Å². The first-order chi connectivity index (χ1) is 14.4. The van der Waals surface area contributed by atoms with Crippen LogP contribution in [-0.2, 0) is 4.79 Å². The van der Waals surface area contributed by atoms with Crippen LogP contribution in [0.3, 0.4) is 0 Å². The molecule has 10 heteroatoms. The lowest BCUT2D eigenvalue weighted by Gasteiger charge is -2.23. The fourth-order valence-electron chi connectivity index (χ4n) is 4.62. The summed E-state index contributed by atoms with van der Waals surface area (Å²) in [5, 5.41) is 24.0. The summed E-state index contributed by atoms with van der Waals surface area (Å²) in [5.74, 6) is 5.84. The molecule has 2 saturated carbocycles. The molecule has 8 nitrogen and oxygen atoms in total. The first-order valence-corrected chi connectivity index (χ1v) is 10.6. The number of halogens is 1. The third-order valence-electron chi connectivity index (χ3n) is 6.11. The number of amides is 1. The number of hydrogen-bond acceptors (Lipinski definition) is 7. The number of imidazole rings is 1. The predicted molar refractivity (Wildman–Crippen MR) is 111 cm³/mol. The van der Waals surface area contributed by atoms with E-state index in [4.69, 9.17) is 11.6 Å². The van der Waals surface area contributed by atoms with Crippen molar-refractivity contribution in [2.75, 3.05) is 7.05 Å². The minimum Gasteiger partial charge on any atom is -0.389 e. The summed E-state index contributed by atoms with van der Waals surface area (Å²) in [6.07, 6.45) is -0.154. The molecule has 2 aliphatic carbocycles. The van der Waals surface area contributed by atoms with Gasteiger partial charge in [-0.25, -0.2) is 15.0 Å². The summed E-state index contributed by atoms with van der Waals surface area (Å²) in [4.78, 5) is 26.6. The number of fused-ring (bicyclic) bond motifs is 2. The highest BCUT2D eigenvalue weighted by Crippen LogP contribution is 2.67. The van der Waals surface area contributed by atoms with Gasteiger partial charge in [-0.2, -0.15) is 0 Å². The lowest BCUT2D eigenvalue weighted by Crippen LogP contribution is -2.41. The van der Waals surface area contributed by atoms with Gasteiger partial charge in [-0.15, -0.1) is 11.3 Å². The number of nitrogens with one attached hydrogen (secondary N) is 1. The van der Waals surface area contributed by atoms with Gasteiger partial charge in [-0.05, 0) is 37.3 Å². The van der Waals surface area contributed by atoms with E-state index < -0.39 is 23.7 Å². The van der Waals surface area contributed by atoms with E-state index in [0.29, 0.717) is 33.4 Å². The van der Waals surface area contributed by atoms with E-state index in [0.717, 1.165) is 4.88 Å². The lowest BCUT2D eigenvalue weighted by molar-refractivity contribution is -0.132. The monoisotopic (exact) mass is 443 g/mol. The first kappa shape index (κ1) is 19.5. The molecule has 0 saturated heterocycles. The van der Waals surface area contributed by atoms with Crippen LogP contribution >= 0.6 is 22.9 Å². The van der Waals surface area contributed by atoms with Gasteiger partial charge < -0.3 is 20.1 Å². The van der Waals surface area contributed by atoms with Gasteiger partial charge >= 0.3 is 0 Å². The van der Waals surface area contributed by atoms with Crippen molar-refractivity contribution in [3.05, 3.63) is 39.2 Å². The number of carbonyl (C=O) groups is 1. The van der Waals surface area contributed by atoms with Gasteiger partial charge in [0.15, 0.2) is 5.65 Å². The van der Waals surface area contributed by atoms with Crippen LogP contribution in [0.2, 0.25) is 4.34 Å². The van der Waals surface area contributed by atoms with Crippen LogP contribution in [0.1, 0.15) is 28.9 Å². The molecule has 30 heavy (non-hydrogen) atoms. The maximum absolute atomic E-state index is 12.4. The Kier molecular flexibility index (Phi) is 4.38. The number of aromatic nitrogens is 4. The second-order valence-electron chi connectivity index (χ2n) is 7.67. The third-order valence-corrected chi connectivity index (χ3v) is 7.26. The Morgan fingerprint density at radius 2 is 2.17 bits per heavy atom. The average Bonchev–Trinajstić information content (AvgIpc) is 2.98.